The maximum absolute atomic E-state index is 12.3. The molecule has 0 unspecified atom stereocenters. The molecular formula is C16H27N3O. The molecule has 112 valence electrons. The highest BCUT2D eigenvalue weighted by atomic mass is 16.2. The smallest absolute Gasteiger partial charge is 0.321 e. The second-order valence-corrected chi connectivity index (χ2v) is 5.94. The topological polar surface area (TPSA) is 35.6 Å². The second kappa shape index (κ2) is 7.90. The number of anilines is 1. The van der Waals surface area contributed by atoms with Crippen LogP contribution < -0.4 is 5.32 Å². The molecule has 4 nitrogen and oxygen atoms in total. The van der Waals surface area contributed by atoms with Crippen molar-refractivity contribution in [3.05, 3.63) is 29.8 Å². The van der Waals surface area contributed by atoms with Crippen LogP contribution >= 0.6 is 0 Å². The first-order valence-electron chi connectivity index (χ1n) is 7.16. The third-order valence-corrected chi connectivity index (χ3v) is 2.99. The van der Waals surface area contributed by atoms with Crippen molar-refractivity contribution < 1.29 is 4.79 Å². The zero-order valence-electron chi connectivity index (χ0n) is 13.3. The molecule has 2 amide bonds. The van der Waals surface area contributed by atoms with Crippen LogP contribution in [0, 0.1) is 12.8 Å². The van der Waals surface area contributed by atoms with Gasteiger partial charge in [0.05, 0.1) is 0 Å². The third kappa shape index (κ3) is 6.06. The molecule has 0 saturated heterocycles. The van der Waals surface area contributed by atoms with Crippen molar-refractivity contribution in [1.82, 2.24) is 9.80 Å². The maximum Gasteiger partial charge on any atom is 0.321 e. The first-order valence-corrected chi connectivity index (χ1v) is 7.16. The minimum atomic E-state index is -0.0237. The van der Waals surface area contributed by atoms with Crippen molar-refractivity contribution in [3.63, 3.8) is 0 Å². The number of nitrogens with one attached hydrogen (secondary N) is 1. The Morgan fingerprint density at radius 3 is 2.25 bits per heavy atom. The third-order valence-electron chi connectivity index (χ3n) is 2.99. The molecule has 0 aromatic heterocycles. The van der Waals surface area contributed by atoms with E-state index < -0.39 is 0 Å². The summed E-state index contributed by atoms with van der Waals surface area (Å²) < 4.78 is 0. The van der Waals surface area contributed by atoms with Crippen molar-refractivity contribution in [2.75, 3.05) is 39.0 Å². The SMILES string of the molecule is Cc1ccc(NC(=O)N(CCN(C)C)CC(C)C)cc1. The molecule has 0 bridgehead atoms. The van der Waals surface area contributed by atoms with Gasteiger partial charge in [0.2, 0.25) is 0 Å². The van der Waals surface area contributed by atoms with Crippen LogP contribution in [0.25, 0.3) is 0 Å². The van der Waals surface area contributed by atoms with Gasteiger partial charge in [-0.1, -0.05) is 31.5 Å². The summed E-state index contributed by atoms with van der Waals surface area (Å²) in [6.45, 7) is 8.67. The van der Waals surface area contributed by atoms with E-state index in [1.165, 1.54) is 5.56 Å². The van der Waals surface area contributed by atoms with Gasteiger partial charge in [-0.2, -0.15) is 0 Å². The van der Waals surface area contributed by atoms with Crippen LogP contribution in [0.3, 0.4) is 0 Å². The van der Waals surface area contributed by atoms with Crippen molar-refractivity contribution >= 4 is 11.7 Å². The second-order valence-electron chi connectivity index (χ2n) is 5.94. The Hall–Kier alpha value is -1.55. The van der Waals surface area contributed by atoms with Gasteiger partial charge in [0.15, 0.2) is 0 Å². The van der Waals surface area contributed by atoms with Gasteiger partial charge in [-0.3, -0.25) is 0 Å². The van der Waals surface area contributed by atoms with Gasteiger partial charge in [-0.25, -0.2) is 4.79 Å². The van der Waals surface area contributed by atoms with Crippen LogP contribution in [0.2, 0.25) is 0 Å². The first kappa shape index (κ1) is 16.5. The molecule has 0 atom stereocenters. The Kier molecular flexibility index (Phi) is 6.52. The monoisotopic (exact) mass is 277 g/mol. The zero-order chi connectivity index (χ0) is 15.1. The van der Waals surface area contributed by atoms with E-state index in [0.717, 1.165) is 25.3 Å². The summed E-state index contributed by atoms with van der Waals surface area (Å²) >= 11 is 0. The fourth-order valence-electron chi connectivity index (χ4n) is 1.88. The molecule has 0 aliphatic carbocycles. The largest absolute Gasteiger partial charge is 0.323 e. The molecule has 4 heteroatoms. The summed E-state index contributed by atoms with van der Waals surface area (Å²) in [6.07, 6.45) is 0. The highest BCUT2D eigenvalue weighted by Crippen LogP contribution is 2.10. The summed E-state index contributed by atoms with van der Waals surface area (Å²) in [5.41, 5.74) is 2.04. The number of rotatable bonds is 6. The summed E-state index contributed by atoms with van der Waals surface area (Å²) in [4.78, 5) is 16.3. The predicted octanol–water partition coefficient (Wildman–Crippen LogP) is 3.05. The molecule has 0 aliphatic heterocycles. The predicted molar refractivity (Wildman–Crippen MR) is 85.2 cm³/mol. The van der Waals surface area contributed by atoms with Crippen LogP contribution in [0.4, 0.5) is 10.5 Å². The van der Waals surface area contributed by atoms with Crippen LogP contribution in [0.15, 0.2) is 24.3 Å². The van der Waals surface area contributed by atoms with Gasteiger partial charge in [0.25, 0.3) is 0 Å². The van der Waals surface area contributed by atoms with Gasteiger partial charge in [-0.05, 0) is 39.1 Å². The van der Waals surface area contributed by atoms with Crippen molar-refractivity contribution in [2.45, 2.75) is 20.8 Å². The Balaban J connectivity index is 2.64. The Labute approximate surface area is 122 Å². The molecule has 1 aromatic carbocycles. The zero-order valence-corrected chi connectivity index (χ0v) is 13.3. The normalized spacial score (nSPS) is 10.9. The molecular weight excluding hydrogens is 250 g/mol. The number of aryl methyl sites for hydroxylation is 1. The van der Waals surface area contributed by atoms with Crippen LogP contribution in [0.1, 0.15) is 19.4 Å². The average Bonchev–Trinajstić information content (AvgIpc) is 2.36. The van der Waals surface area contributed by atoms with Crippen molar-refractivity contribution in [2.24, 2.45) is 5.92 Å². The molecule has 0 spiro atoms. The van der Waals surface area contributed by atoms with E-state index in [0.29, 0.717) is 5.92 Å². The number of amides is 2. The standard InChI is InChI=1S/C16H27N3O/c1-13(2)12-19(11-10-18(4)5)16(20)17-15-8-6-14(3)7-9-15/h6-9,13H,10-12H2,1-5H3,(H,17,20). The molecule has 1 rings (SSSR count). The fraction of sp³-hybridized carbons (Fsp3) is 0.562. The Bertz CT molecular complexity index is 412. The van der Waals surface area contributed by atoms with Gasteiger partial charge in [0.1, 0.15) is 0 Å². The van der Waals surface area contributed by atoms with Crippen LogP contribution in [-0.2, 0) is 0 Å². The lowest BCUT2D eigenvalue weighted by Crippen LogP contribution is -2.41. The van der Waals surface area contributed by atoms with E-state index in [9.17, 15) is 4.79 Å². The summed E-state index contributed by atoms with van der Waals surface area (Å²) in [5.74, 6) is 0.459. The first-order chi connectivity index (χ1) is 9.38. The van der Waals surface area contributed by atoms with Crippen molar-refractivity contribution in [3.8, 4) is 0 Å². The number of benzene rings is 1. The summed E-state index contributed by atoms with van der Waals surface area (Å²) in [5, 5.41) is 2.97. The molecule has 0 fully saturated rings. The molecule has 20 heavy (non-hydrogen) atoms. The van der Waals surface area contributed by atoms with E-state index in [4.69, 9.17) is 0 Å². The Morgan fingerprint density at radius 1 is 1.15 bits per heavy atom. The number of carbonyl (C=O) groups excluding carboxylic acids is 1. The molecule has 0 aliphatic rings. The number of carbonyl (C=O) groups is 1. The van der Waals surface area contributed by atoms with E-state index in [1.807, 2.05) is 50.2 Å². The van der Waals surface area contributed by atoms with E-state index >= 15 is 0 Å². The van der Waals surface area contributed by atoms with Gasteiger partial charge in [-0.15, -0.1) is 0 Å². The highest BCUT2D eigenvalue weighted by Gasteiger charge is 2.15. The number of hydrogen-bond acceptors (Lipinski definition) is 2. The van der Waals surface area contributed by atoms with Gasteiger partial charge in [0, 0.05) is 25.3 Å². The van der Waals surface area contributed by atoms with Gasteiger partial charge >= 0.3 is 6.03 Å². The lowest BCUT2D eigenvalue weighted by atomic mass is 10.2. The highest BCUT2D eigenvalue weighted by molar-refractivity contribution is 5.89. The number of likely N-dealkylation sites (N-methyl/N-ethyl adjacent to an activating group) is 1. The maximum atomic E-state index is 12.3. The van der Waals surface area contributed by atoms with E-state index in [-0.39, 0.29) is 6.03 Å². The van der Waals surface area contributed by atoms with E-state index in [2.05, 4.69) is 24.1 Å². The van der Waals surface area contributed by atoms with Gasteiger partial charge < -0.3 is 15.1 Å². The lowest BCUT2D eigenvalue weighted by Gasteiger charge is -2.26. The van der Waals surface area contributed by atoms with Crippen LogP contribution in [-0.4, -0.2) is 49.6 Å². The molecule has 1 N–H and O–H groups in total. The Morgan fingerprint density at radius 2 is 1.75 bits per heavy atom. The molecule has 0 saturated carbocycles. The average molecular weight is 277 g/mol. The minimum absolute atomic E-state index is 0.0237. The van der Waals surface area contributed by atoms with E-state index in [1.54, 1.807) is 0 Å². The van der Waals surface area contributed by atoms with Crippen molar-refractivity contribution in [1.29, 1.82) is 0 Å². The van der Waals surface area contributed by atoms with Crippen LogP contribution in [0.5, 0.6) is 0 Å². The summed E-state index contributed by atoms with van der Waals surface area (Å²) in [6, 6.07) is 7.86. The minimum Gasteiger partial charge on any atom is -0.323 e. The quantitative estimate of drug-likeness (QED) is 0.867. The number of urea groups is 1. The summed E-state index contributed by atoms with van der Waals surface area (Å²) in [7, 11) is 4.04. The molecule has 0 radical (unpaired) electrons. The molecule has 0 heterocycles. The fourth-order valence-corrected chi connectivity index (χ4v) is 1.88. The number of nitrogens with zero attached hydrogens (tertiary/aromatic N) is 2. The number of hydrogen-bond donors (Lipinski definition) is 1. The molecule has 1 aromatic rings. The lowest BCUT2D eigenvalue weighted by molar-refractivity contribution is 0.197.